The molecule has 10 heavy (non-hydrogen) atoms. The normalized spacial score (nSPS) is 9.60. The third-order valence-electron chi connectivity index (χ3n) is 0.987. The molecule has 66 valence electrons. The number of hydrogen-bond acceptors (Lipinski definition) is 1. The average molecular weight is 172 g/mol. The molecule has 0 bridgehead atoms. The number of hydrogen-bond donors (Lipinski definition) is 1. The Bertz CT molecular complexity index is 63.3. The van der Waals surface area contributed by atoms with Crippen molar-refractivity contribution in [1.82, 2.24) is 0 Å². The van der Waals surface area contributed by atoms with Crippen LogP contribution < -0.4 is 12.4 Å². The summed E-state index contributed by atoms with van der Waals surface area (Å²) >= 11 is 0. The Morgan fingerprint density at radius 2 is 1.60 bits per heavy atom. The zero-order valence-electron chi connectivity index (χ0n) is 6.89. The SMILES string of the molecule is C[N+](C)(C)CCCO.O.[Cl-]. The van der Waals surface area contributed by atoms with Crippen LogP contribution in [0.1, 0.15) is 6.42 Å². The molecular formula is C6H18ClNO2. The van der Waals surface area contributed by atoms with Gasteiger partial charge in [-0.1, -0.05) is 0 Å². The lowest BCUT2D eigenvalue weighted by Gasteiger charge is -2.22. The topological polar surface area (TPSA) is 51.7 Å². The summed E-state index contributed by atoms with van der Waals surface area (Å²) in [7, 11) is 6.36. The summed E-state index contributed by atoms with van der Waals surface area (Å²) in [6, 6.07) is 0. The first-order chi connectivity index (χ1) is 3.56. The lowest BCUT2D eigenvalue weighted by Crippen LogP contribution is -3.00. The second-order valence-electron chi connectivity index (χ2n) is 3.09. The van der Waals surface area contributed by atoms with E-state index >= 15 is 0 Å². The highest BCUT2D eigenvalue weighted by Gasteiger charge is 2.03. The van der Waals surface area contributed by atoms with Gasteiger partial charge in [-0.3, -0.25) is 0 Å². The molecular weight excluding hydrogens is 154 g/mol. The molecule has 0 fully saturated rings. The Morgan fingerprint density at radius 1 is 1.20 bits per heavy atom. The summed E-state index contributed by atoms with van der Waals surface area (Å²) in [4.78, 5) is 0. The first kappa shape index (κ1) is 16.6. The van der Waals surface area contributed by atoms with Crippen LogP contribution >= 0.6 is 0 Å². The number of halogens is 1. The maximum absolute atomic E-state index is 8.42. The molecule has 0 aromatic carbocycles. The molecule has 0 aliphatic rings. The van der Waals surface area contributed by atoms with E-state index in [9.17, 15) is 0 Å². The van der Waals surface area contributed by atoms with Gasteiger partial charge in [0.25, 0.3) is 0 Å². The van der Waals surface area contributed by atoms with E-state index in [-0.39, 0.29) is 17.9 Å². The first-order valence-electron chi connectivity index (χ1n) is 2.97. The van der Waals surface area contributed by atoms with Crippen molar-refractivity contribution in [2.45, 2.75) is 6.42 Å². The average Bonchev–Trinajstić information content (AvgIpc) is 1.59. The molecule has 3 nitrogen and oxygen atoms in total. The predicted octanol–water partition coefficient (Wildman–Crippen LogP) is -3.75. The fraction of sp³-hybridized carbons (Fsp3) is 1.00. The molecule has 0 rings (SSSR count). The predicted molar refractivity (Wildman–Crippen MR) is 38.2 cm³/mol. The second kappa shape index (κ2) is 7.28. The molecule has 0 aliphatic heterocycles. The minimum atomic E-state index is 0. The quantitative estimate of drug-likeness (QED) is 0.436. The van der Waals surface area contributed by atoms with E-state index in [1.54, 1.807) is 0 Å². The highest BCUT2D eigenvalue weighted by atomic mass is 35.5. The van der Waals surface area contributed by atoms with E-state index in [4.69, 9.17) is 5.11 Å². The Kier molecular flexibility index (Phi) is 12.1. The van der Waals surface area contributed by atoms with Crippen molar-refractivity contribution in [1.29, 1.82) is 0 Å². The molecule has 0 unspecified atom stereocenters. The van der Waals surface area contributed by atoms with Gasteiger partial charge in [-0.25, -0.2) is 0 Å². The van der Waals surface area contributed by atoms with Crippen molar-refractivity contribution >= 4 is 0 Å². The van der Waals surface area contributed by atoms with Gasteiger partial charge in [-0.05, 0) is 0 Å². The molecule has 0 spiro atoms. The zero-order valence-corrected chi connectivity index (χ0v) is 7.65. The number of rotatable bonds is 3. The van der Waals surface area contributed by atoms with Gasteiger partial charge in [0.2, 0.25) is 0 Å². The molecule has 4 heteroatoms. The summed E-state index contributed by atoms with van der Waals surface area (Å²) in [5.41, 5.74) is 0. The summed E-state index contributed by atoms with van der Waals surface area (Å²) in [5, 5.41) is 8.42. The summed E-state index contributed by atoms with van der Waals surface area (Å²) in [6.07, 6.45) is 0.906. The first-order valence-corrected chi connectivity index (χ1v) is 2.97. The van der Waals surface area contributed by atoms with Crippen LogP contribution in [-0.2, 0) is 0 Å². The number of aliphatic hydroxyl groups excluding tert-OH is 1. The van der Waals surface area contributed by atoms with Crippen LogP contribution in [0.4, 0.5) is 0 Å². The van der Waals surface area contributed by atoms with Gasteiger partial charge in [0.05, 0.1) is 27.7 Å². The lowest BCUT2D eigenvalue weighted by atomic mass is 10.4. The van der Waals surface area contributed by atoms with Gasteiger partial charge in [-0.2, -0.15) is 0 Å². The Hall–Kier alpha value is 0.170. The van der Waals surface area contributed by atoms with Gasteiger partial charge in [0.1, 0.15) is 0 Å². The van der Waals surface area contributed by atoms with Gasteiger partial charge in [0, 0.05) is 13.0 Å². The van der Waals surface area contributed by atoms with E-state index in [2.05, 4.69) is 21.1 Å². The number of nitrogens with zero attached hydrogens (tertiary/aromatic N) is 1. The largest absolute Gasteiger partial charge is 1.00 e. The third-order valence-corrected chi connectivity index (χ3v) is 0.987. The monoisotopic (exact) mass is 171 g/mol. The van der Waals surface area contributed by atoms with Gasteiger partial charge in [0.15, 0.2) is 0 Å². The standard InChI is InChI=1S/C6H16NO.ClH.H2O/c1-7(2,3)5-4-6-8;;/h8H,4-6H2,1-3H3;1H;1H2/q+1;;/p-1. The maximum atomic E-state index is 8.42. The minimum Gasteiger partial charge on any atom is -1.00 e. The molecule has 3 N–H and O–H groups in total. The fourth-order valence-electron chi connectivity index (χ4n) is 0.545. The number of aliphatic hydroxyl groups is 1. The highest BCUT2D eigenvalue weighted by molar-refractivity contribution is 4.28. The smallest absolute Gasteiger partial charge is 0.0802 e. The molecule has 0 atom stereocenters. The molecule has 0 radical (unpaired) electrons. The Balaban J connectivity index is -0.000000245. The van der Waals surface area contributed by atoms with Gasteiger partial charge in [-0.15, -0.1) is 0 Å². The van der Waals surface area contributed by atoms with Crippen LogP contribution in [-0.4, -0.2) is 49.4 Å². The summed E-state index contributed by atoms with van der Waals surface area (Å²) in [5.74, 6) is 0. The van der Waals surface area contributed by atoms with Crippen molar-refractivity contribution in [3.8, 4) is 0 Å². The minimum absolute atomic E-state index is 0. The van der Waals surface area contributed by atoms with Crippen molar-refractivity contribution in [3.63, 3.8) is 0 Å². The maximum Gasteiger partial charge on any atom is 0.0802 e. The summed E-state index contributed by atoms with van der Waals surface area (Å²) in [6.45, 7) is 1.37. The van der Waals surface area contributed by atoms with Crippen molar-refractivity contribution in [3.05, 3.63) is 0 Å². The van der Waals surface area contributed by atoms with E-state index in [1.807, 2.05) is 0 Å². The van der Waals surface area contributed by atoms with Crippen molar-refractivity contribution < 1.29 is 27.5 Å². The van der Waals surface area contributed by atoms with E-state index in [1.165, 1.54) is 0 Å². The van der Waals surface area contributed by atoms with E-state index < -0.39 is 0 Å². The van der Waals surface area contributed by atoms with Crippen LogP contribution in [0.2, 0.25) is 0 Å². The van der Waals surface area contributed by atoms with Crippen LogP contribution in [0.3, 0.4) is 0 Å². The Labute approximate surface area is 69.0 Å². The molecule has 0 aromatic rings. The van der Waals surface area contributed by atoms with Crippen molar-refractivity contribution in [2.75, 3.05) is 34.3 Å². The molecule has 0 saturated carbocycles. The van der Waals surface area contributed by atoms with Crippen LogP contribution in [0.15, 0.2) is 0 Å². The highest BCUT2D eigenvalue weighted by Crippen LogP contribution is 1.90. The molecule has 0 aliphatic carbocycles. The summed E-state index contributed by atoms with van der Waals surface area (Å²) < 4.78 is 0.945. The fourth-order valence-corrected chi connectivity index (χ4v) is 0.545. The van der Waals surface area contributed by atoms with E-state index in [0.717, 1.165) is 17.4 Å². The van der Waals surface area contributed by atoms with Crippen LogP contribution in [0, 0.1) is 0 Å². The second-order valence-corrected chi connectivity index (χ2v) is 3.09. The lowest BCUT2D eigenvalue weighted by molar-refractivity contribution is -0.870. The zero-order chi connectivity index (χ0) is 6.62. The molecule has 0 aromatic heterocycles. The van der Waals surface area contributed by atoms with E-state index in [0.29, 0.717) is 6.61 Å². The molecule has 0 saturated heterocycles. The Morgan fingerprint density at radius 3 is 1.70 bits per heavy atom. The van der Waals surface area contributed by atoms with Gasteiger partial charge >= 0.3 is 0 Å². The molecule has 0 heterocycles. The molecule has 0 amide bonds. The van der Waals surface area contributed by atoms with Crippen LogP contribution in [0.25, 0.3) is 0 Å². The van der Waals surface area contributed by atoms with Gasteiger partial charge < -0.3 is 27.5 Å². The van der Waals surface area contributed by atoms with Crippen molar-refractivity contribution in [2.24, 2.45) is 0 Å². The number of quaternary nitrogens is 1. The third kappa shape index (κ3) is 15.7. The van der Waals surface area contributed by atoms with Crippen LogP contribution in [0.5, 0.6) is 0 Å².